The number of ether oxygens (including phenoxy) is 4. The third-order valence-corrected chi connectivity index (χ3v) is 2.70. The lowest BCUT2D eigenvalue weighted by atomic mass is 9.98. The minimum atomic E-state index is -1.64. The molecule has 1 rings (SSSR count). The summed E-state index contributed by atoms with van der Waals surface area (Å²) in [5.74, 6) is -2.19. The lowest BCUT2D eigenvalue weighted by Crippen LogP contribution is -2.62. The number of aliphatic hydroxyl groups is 2. The highest BCUT2D eigenvalue weighted by Gasteiger charge is 2.51. The number of rotatable bonds is 4. The molecule has 1 aliphatic heterocycles. The standard InChI is InChI=1S/C12H18O9/c1-5(14)18-9-8(4-13)21-12(17)11(20-7(3)16)10(9)19-6(2)15/h8-13,17H,4H2,1-3H3. The first-order chi connectivity index (χ1) is 9.76. The Bertz CT molecular complexity index is 408. The first-order valence-corrected chi connectivity index (χ1v) is 6.22. The average Bonchev–Trinajstić information content (AvgIpc) is 2.35. The Morgan fingerprint density at radius 3 is 1.76 bits per heavy atom. The first kappa shape index (κ1) is 17.3. The Balaban J connectivity index is 3.08. The number of hydrogen-bond acceptors (Lipinski definition) is 9. The fraction of sp³-hybridized carbons (Fsp3) is 0.750. The van der Waals surface area contributed by atoms with Gasteiger partial charge in [0.15, 0.2) is 24.6 Å². The monoisotopic (exact) mass is 306 g/mol. The van der Waals surface area contributed by atoms with E-state index < -0.39 is 55.2 Å². The molecular formula is C12H18O9. The van der Waals surface area contributed by atoms with E-state index in [2.05, 4.69) is 0 Å². The molecule has 1 heterocycles. The van der Waals surface area contributed by atoms with Crippen LogP contribution in [0.5, 0.6) is 0 Å². The van der Waals surface area contributed by atoms with Crippen LogP contribution in [0.3, 0.4) is 0 Å². The van der Waals surface area contributed by atoms with Crippen LogP contribution >= 0.6 is 0 Å². The molecule has 0 aromatic carbocycles. The molecular weight excluding hydrogens is 288 g/mol. The van der Waals surface area contributed by atoms with Crippen molar-refractivity contribution >= 4 is 17.9 Å². The topological polar surface area (TPSA) is 129 Å². The van der Waals surface area contributed by atoms with Crippen molar-refractivity contribution in [1.29, 1.82) is 0 Å². The number of aliphatic hydroxyl groups excluding tert-OH is 2. The van der Waals surface area contributed by atoms with Gasteiger partial charge in [0.1, 0.15) is 6.10 Å². The molecule has 1 fully saturated rings. The Hall–Kier alpha value is -1.71. The lowest BCUT2D eigenvalue weighted by Gasteiger charge is -2.42. The number of hydrogen-bond donors (Lipinski definition) is 2. The van der Waals surface area contributed by atoms with Gasteiger partial charge in [0.05, 0.1) is 6.61 Å². The first-order valence-electron chi connectivity index (χ1n) is 6.22. The summed E-state index contributed by atoms with van der Waals surface area (Å²) in [6.07, 6.45) is -6.65. The Kier molecular flexibility index (Phi) is 6.06. The van der Waals surface area contributed by atoms with Gasteiger partial charge in [0.25, 0.3) is 0 Å². The van der Waals surface area contributed by atoms with E-state index in [-0.39, 0.29) is 0 Å². The van der Waals surface area contributed by atoms with Crippen molar-refractivity contribution in [2.75, 3.05) is 6.61 Å². The Morgan fingerprint density at radius 1 is 0.905 bits per heavy atom. The van der Waals surface area contributed by atoms with Crippen molar-refractivity contribution in [3.63, 3.8) is 0 Å². The van der Waals surface area contributed by atoms with Gasteiger partial charge in [-0.1, -0.05) is 0 Å². The van der Waals surface area contributed by atoms with Crippen LogP contribution in [0.25, 0.3) is 0 Å². The van der Waals surface area contributed by atoms with Crippen LogP contribution in [0.15, 0.2) is 0 Å². The molecule has 9 nitrogen and oxygen atoms in total. The molecule has 0 saturated carbocycles. The van der Waals surface area contributed by atoms with Gasteiger partial charge < -0.3 is 29.2 Å². The molecule has 1 saturated heterocycles. The molecule has 0 aromatic heterocycles. The Morgan fingerprint density at radius 2 is 1.33 bits per heavy atom. The van der Waals surface area contributed by atoms with E-state index in [0.717, 1.165) is 20.8 Å². The molecule has 0 bridgehead atoms. The third kappa shape index (κ3) is 4.66. The normalized spacial score (nSPS) is 32.1. The maximum absolute atomic E-state index is 11.2. The van der Waals surface area contributed by atoms with E-state index >= 15 is 0 Å². The second-order valence-corrected chi connectivity index (χ2v) is 4.47. The highest BCUT2D eigenvalue weighted by molar-refractivity contribution is 5.68. The minimum absolute atomic E-state index is 0.598. The average molecular weight is 306 g/mol. The minimum Gasteiger partial charge on any atom is -0.456 e. The molecule has 0 aromatic rings. The molecule has 0 spiro atoms. The SMILES string of the molecule is CC(=O)OC1C(O)OC(CO)C(OC(C)=O)C1OC(C)=O. The van der Waals surface area contributed by atoms with Crippen LogP contribution in [0, 0.1) is 0 Å². The van der Waals surface area contributed by atoms with E-state index in [1.54, 1.807) is 0 Å². The molecule has 5 unspecified atom stereocenters. The van der Waals surface area contributed by atoms with Gasteiger partial charge in [-0.2, -0.15) is 0 Å². The number of carbonyl (C=O) groups excluding carboxylic acids is 3. The van der Waals surface area contributed by atoms with Crippen molar-refractivity contribution < 1.29 is 43.5 Å². The van der Waals surface area contributed by atoms with Crippen LogP contribution in [0.2, 0.25) is 0 Å². The van der Waals surface area contributed by atoms with Crippen LogP contribution < -0.4 is 0 Å². The fourth-order valence-corrected chi connectivity index (χ4v) is 2.02. The summed E-state index contributed by atoms with van der Waals surface area (Å²) in [6, 6.07) is 0. The van der Waals surface area contributed by atoms with Gasteiger partial charge >= 0.3 is 17.9 Å². The zero-order valence-electron chi connectivity index (χ0n) is 11.8. The molecule has 9 heteroatoms. The zero-order chi connectivity index (χ0) is 16.2. The van der Waals surface area contributed by atoms with Gasteiger partial charge in [-0.25, -0.2) is 0 Å². The van der Waals surface area contributed by atoms with Crippen molar-refractivity contribution in [3.8, 4) is 0 Å². The van der Waals surface area contributed by atoms with E-state index in [4.69, 9.17) is 18.9 Å². The van der Waals surface area contributed by atoms with Crippen molar-refractivity contribution in [3.05, 3.63) is 0 Å². The van der Waals surface area contributed by atoms with Crippen LogP contribution in [0.1, 0.15) is 20.8 Å². The molecule has 1 aliphatic rings. The van der Waals surface area contributed by atoms with E-state index in [1.807, 2.05) is 0 Å². The summed E-state index contributed by atoms with van der Waals surface area (Å²) in [4.78, 5) is 33.4. The fourth-order valence-electron chi connectivity index (χ4n) is 2.02. The van der Waals surface area contributed by atoms with Gasteiger partial charge in [0, 0.05) is 20.8 Å². The molecule has 0 amide bonds. The summed E-state index contributed by atoms with van der Waals surface area (Å²) in [5, 5.41) is 19.0. The highest BCUT2D eigenvalue weighted by Crippen LogP contribution is 2.27. The summed E-state index contributed by atoms with van der Waals surface area (Å²) in [5.41, 5.74) is 0. The van der Waals surface area contributed by atoms with E-state index in [1.165, 1.54) is 0 Å². The summed E-state index contributed by atoms with van der Waals surface area (Å²) >= 11 is 0. The van der Waals surface area contributed by atoms with Crippen LogP contribution in [-0.4, -0.2) is 65.4 Å². The summed E-state index contributed by atoms with van der Waals surface area (Å²) in [7, 11) is 0. The van der Waals surface area contributed by atoms with Crippen molar-refractivity contribution in [2.24, 2.45) is 0 Å². The zero-order valence-corrected chi connectivity index (χ0v) is 11.8. The quantitative estimate of drug-likeness (QED) is 0.470. The number of carbonyl (C=O) groups is 3. The van der Waals surface area contributed by atoms with E-state index in [9.17, 15) is 24.6 Å². The van der Waals surface area contributed by atoms with Gasteiger partial charge in [-0.3, -0.25) is 14.4 Å². The molecule has 0 aliphatic carbocycles. The summed E-state index contributed by atoms with van der Waals surface area (Å²) < 4.78 is 19.8. The van der Waals surface area contributed by atoms with Crippen molar-refractivity contribution in [2.45, 2.75) is 51.5 Å². The maximum atomic E-state index is 11.2. The maximum Gasteiger partial charge on any atom is 0.303 e. The van der Waals surface area contributed by atoms with Crippen LogP contribution in [0.4, 0.5) is 0 Å². The smallest absolute Gasteiger partial charge is 0.303 e. The molecule has 0 radical (unpaired) electrons. The van der Waals surface area contributed by atoms with E-state index in [0.29, 0.717) is 0 Å². The predicted molar refractivity (Wildman–Crippen MR) is 64.6 cm³/mol. The molecule has 120 valence electrons. The van der Waals surface area contributed by atoms with Crippen LogP contribution in [-0.2, 0) is 33.3 Å². The highest BCUT2D eigenvalue weighted by atomic mass is 16.7. The Labute approximate surface area is 120 Å². The lowest BCUT2D eigenvalue weighted by molar-refractivity contribution is -0.295. The molecule has 2 N–H and O–H groups in total. The van der Waals surface area contributed by atoms with Gasteiger partial charge in [0.2, 0.25) is 0 Å². The predicted octanol–water partition coefficient (Wildman–Crippen LogP) is -1.51. The number of esters is 3. The third-order valence-electron chi connectivity index (χ3n) is 2.70. The largest absolute Gasteiger partial charge is 0.456 e. The summed E-state index contributed by atoms with van der Waals surface area (Å²) in [6.45, 7) is 2.71. The van der Waals surface area contributed by atoms with Gasteiger partial charge in [-0.05, 0) is 0 Å². The van der Waals surface area contributed by atoms with Crippen molar-refractivity contribution in [1.82, 2.24) is 0 Å². The second-order valence-electron chi connectivity index (χ2n) is 4.47. The molecule has 21 heavy (non-hydrogen) atoms. The molecule has 5 atom stereocenters. The second kappa shape index (κ2) is 7.34. The van der Waals surface area contributed by atoms with Gasteiger partial charge in [-0.15, -0.1) is 0 Å².